The van der Waals surface area contributed by atoms with Crippen LogP contribution in [0.15, 0.2) is 42.5 Å². The van der Waals surface area contributed by atoms with Crippen LogP contribution in [-0.2, 0) is 21.7 Å². The number of rotatable bonds is 4. The molecule has 2 aromatic carbocycles. The highest BCUT2D eigenvalue weighted by molar-refractivity contribution is 6.23. The Hall–Kier alpha value is -3.87. The smallest absolute Gasteiger partial charge is 0.262 e. The van der Waals surface area contributed by atoms with Gasteiger partial charge in [-0.1, -0.05) is 30.3 Å². The molecule has 2 aromatic rings. The lowest BCUT2D eigenvalue weighted by Crippen LogP contribution is -2.54. The molecule has 0 spiro atoms. The predicted molar refractivity (Wildman–Crippen MR) is 124 cm³/mol. The number of nitrogens with zero attached hydrogens (tertiary/aromatic N) is 3. The van der Waals surface area contributed by atoms with E-state index in [-0.39, 0.29) is 24.0 Å². The average Bonchev–Trinajstić information content (AvgIpc) is 3.10. The molecule has 5 rings (SSSR count). The highest BCUT2D eigenvalue weighted by Crippen LogP contribution is 2.37. The Labute approximate surface area is 202 Å². The third-order valence-corrected chi connectivity index (χ3v) is 7.11. The molecule has 0 aliphatic carbocycles. The van der Waals surface area contributed by atoms with Crippen LogP contribution in [0.3, 0.4) is 0 Å². The van der Waals surface area contributed by atoms with Gasteiger partial charge in [0.25, 0.3) is 11.8 Å². The third-order valence-electron chi connectivity index (χ3n) is 7.11. The van der Waals surface area contributed by atoms with Gasteiger partial charge in [-0.2, -0.15) is 0 Å². The lowest BCUT2D eigenvalue weighted by Gasteiger charge is -2.38. The Morgan fingerprint density at radius 3 is 2.49 bits per heavy atom. The van der Waals surface area contributed by atoms with E-state index in [1.807, 2.05) is 18.2 Å². The fraction of sp³-hybridized carbons (Fsp3) is 0.346. The average molecular weight is 473 g/mol. The molecular weight excluding hydrogens is 448 g/mol. The van der Waals surface area contributed by atoms with Gasteiger partial charge >= 0.3 is 0 Å². The monoisotopic (exact) mass is 472 g/mol. The molecule has 0 radical (unpaired) electrons. The molecule has 2 saturated heterocycles. The molecule has 35 heavy (non-hydrogen) atoms. The van der Waals surface area contributed by atoms with Crippen molar-refractivity contribution in [1.29, 1.82) is 0 Å². The molecular formula is C26H24N4O5. The Bertz CT molecular complexity index is 1290. The number of likely N-dealkylation sites (tertiary alicyclic amines) is 1. The van der Waals surface area contributed by atoms with Gasteiger partial charge in [0, 0.05) is 26.1 Å². The second-order valence-corrected chi connectivity index (χ2v) is 9.30. The second-order valence-electron chi connectivity index (χ2n) is 9.30. The van der Waals surface area contributed by atoms with E-state index in [1.165, 1.54) is 6.07 Å². The van der Waals surface area contributed by atoms with E-state index >= 15 is 0 Å². The summed E-state index contributed by atoms with van der Waals surface area (Å²) in [6, 6.07) is 11.2. The lowest BCUT2D eigenvalue weighted by molar-refractivity contribution is -0.136. The molecule has 3 heterocycles. The third kappa shape index (κ3) is 4.11. The SMILES string of the molecule is [C-]#[N+]c1cccc(CN2CCC(O)(c3ccc4c(c3)C(=O)N(C3CCC(=O)NC3=O)C4=O)CC2)c1. The van der Waals surface area contributed by atoms with Gasteiger partial charge in [-0.3, -0.25) is 34.3 Å². The van der Waals surface area contributed by atoms with Crippen molar-refractivity contribution in [3.63, 3.8) is 0 Å². The Balaban J connectivity index is 1.30. The van der Waals surface area contributed by atoms with Crippen LogP contribution < -0.4 is 5.32 Å². The molecule has 2 fully saturated rings. The molecule has 1 unspecified atom stereocenters. The summed E-state index contributed by atoms with van der Waals surface area (Å²) in [6.45, 7) is 9.11. The molecule has 178 valence electrons. The summed E-state index contributed by atoms with van der Waals surface area (Å²) in [4.78, 5) is 56.4. The summed E-state index contributed by atoms with van der Waals surface area (Å²) in [7, 11) is 0. The first-order chi connectivity index (χ1) is 16.8. The number of amides is 4. The van der Waals surface area contributed by atoms with Crippen LogP contribution in [0.4, 0.5) is 5.69 Å². The summed E-state index contributed by atoms with van der Waals surface area (Å²) in [5.74, 6) is -2.21. The molecule has 9 nitrogen and oxygen atoms in total. The van der Waals surface area contributed by atoms with Gasteiger partial charge in [-0.25, -0.2) is 4.85 Å². The Morgan fingerprint density at radius 1 is 1.03 bits per heavy atom. The molecule has 0 saturated carbocycles. The van der Waals surface area contributed by atoms with Crippen molar-refractivity contribution >= 4 is 29.3 Å². The first-order valence-electron chi connectivity index (χ1n) is 11.6. The summed E-state index contributed by atoms with van der Waals surface area (Å²) in [5.41, 5.74) is 1.43. The number of aliphatic hydroxyl groups is 1. The van der Waals surface area contributed by atoms with Gasteiger partial charge in [0.15, 0.2) is 5.69 Å². The largest absolute Gasteiger partial charge is 0.385 e. The van der Waals surface area contributed by atoms with Crippen LogP contribution in [0.1, 0.15) is 57.5 Å². The Kier molecular flexibility index (Phi) is 5.71. The number of hydrogen-bond acceptors (Lipinski definition) is 6. The van der Waals surface area contributed by atoms with Crippen molar-refractivity contribution in [1.82, 2.24) is 15.1 Å². The van der Waals surface area contributed by atoms with Gasteiger partial charge in [0.05, 0.1) is 23.3 Å². The number of piperidine rings is 2. The maximum Gasteiger partial charge on any atom is 0.262 e. The van der Waals surface area contributed by atoms with Crippen LogP contribution >= 0.6 is 0 Å². The molecule has 0 bridgehead atoms. The fourth-order valence-corrected chi connectivity index (χ4v) is 5.11. The van der Waals surface area contributed by atoms with Crippen molar-refractivity contribution in [2.75, 3.05) is 13.1 Å². The first kappa shape index (κ1) is 22.9. The highest BCUT2D eigenvalue weighted by atomic mass is 16.3. The number of nitrogens with one attached hydrogen (secondary N) is 1. The van der Waals surface area contributed by atoms with Gasteiger partial charge in [0.2, 0.25) is 11.8 Å². The number of imide groups is 2. The van der Waals surface area contributed by atoms with E-state index in [2.05, 4.69) is 15.1 Å². The minimum atomic E-state index is -1.14. The standard InChI is InChI=1S/C26H24N4O5/c1-27-18-4-2-3-16(13-18)15-29-11-9-26(35,10-12-29)17-5-6-19-20(14-17)25(34)30(24(19)33)21-7-8-22(31)28-23(21)32/h2-6,13-14,21,35H,7-12,15H2,(H,28,31,32). The van der Waals surface area contributed by atoms with Crippen molar-refractivity contribution in [2.45, 2.75) is 43.9 Å². The minimum Gasteiger partial charge on any atom is -0.385 e. The van der Waals surface area contributed by atoms with Crippen molar-refractivity contribution in [3.8, 4) is 0 Å². The van der Waals surface area contributed by atoms with Crippen LogP contribution in [0.5, 0.6) is 0 Å². The van der Waals surface area contributed by atoms with Crippen LogP contribution in [0.25, 0.3) is 4.85 Å². The predicted octanol–water partition coefficient (Wildman–Crippen LogP) is 2.12. The van der Waals surface area contributed by atoms with Crippen molar-refractivity contribution in [2.24, 2.45) is 0 Å². The maximum absolute atomic E-state index is 13.1. The van der Waals surface area contributed by atoms with Crippen molar-refractivity contribution < 1.29 is 24.3 Å². The zero-order chi connectivity index (χ0) is 24.7. The molecule has 1 atom stereocenters. The zero-order valence-electron chi connectivity index (χ0n) is 19.0. The van der Waals surface area contributed by atoms with E-state index in [0.717, 1.165) is 10.5 Å². The molecule has 4 amide bonds. The number of carbonyl (C=O) groups is 4. The number of benzene rings is 2. The van der Waals surface area contributed by atoms with Gasteiger partial charge in [-0.15, -0.1) is 0 Å². The van der Waals surface area contributed by atoms with E-state index < -0.39 is 35.3 Å². The first-order valence-corrected chi connectivity index (χ1v) is 11.6. The summed E-state index contributed by atoms with van der Waals surface area (Å²) in [6.07, 6.45) is 1.07. The normalized spacial score (nSPS) is 22.1. The van der Waals surface area contributed by atoms with Gasteiger partial charge in [0.1, 0.15) is 6.04 Å². The topological polar surface area (TPSA) is 111 Å². The van der Waals surface area contributed by atoms with Crippen LogP contribution in [0, 0.1) is 6.57 Å². The van der Waals surface area contributed by atoms with Gasteiger partial charge < -0.3 is 5.11 Å². The lowest BCUT2D eigenvalue weighted by atomic mass is 9.83. The minimum absolute atomic E-state index is 0.0630. The van der Waals surface area contributed by atoms with Crippen molar-refractivity contribution in [3.05, 3.63) is 76.1 Å². The zero-order valence-corrected chi connectivity index (χ0v) is 19.0. The Morgan fingerprint density at radius 2 is 1.77 bits per heavy atom. The van der Waals surface area contributed by atoms with E-state index in [1.54, 1.807) is 18.2 Å². The quantitative estimate of drug-likeness (QED) is 0.521. The molecule has 3 aliphatic rings. The number of fused-ring (bicyclic) bond motifs is 1. The number of hydrogen-bond donors (Lipinski definition) is 2. The highest BCUT2D eigenvalue weighted by Gasteiger charge is 2.45. The van der Waals surface area contributed by atoms with E-state index in [9.17, 15) is 24.3 Å². The van der Waals surface area contributed by atoms with E-state index in [4.69, 9.17) is 6.57 Å². The molecule has 0 aromatic heterocycles. The summed E-state index contributed by atoms with van der Waals surface area (Å²) >= 11 is 0. The fourth-order valence-electron chi connectivity index (χ4n) is 5.11. The van der Waals surface area contributed by atoms with Crippen LogP contribution in [-0.4, -0.2) is 57.7 Å². The summed E-state index contributed by atoms with van der Waals surface area (Å²) < 4.78 is 0. The molecule has 9 heteroatoms. The van der Waals surface area contributed by atoms with Crippen LogP contribution in [0.2, 0.25) is 0 Å². The van der Waals surface area contributed by atoms with Gasteiger partial charge in [-0.05, 0) is 42.5 Å². The number of carbonyl (C=O) groups excluding carboxylic acids is 4. The van der Waals surface area contributed by atoms with E-state index in [0.29, 0.717) is 43.7 Å². The second kappa shape index (κ2) is 8.73. The summed E-state index contributed by atoms with van der Waals surface area (Å²) in [5, 5.41) is 13.6. The maximum atomic E-state index is 13.1. The molecule has 2 N–H and O–H groups in total. The molecule has 3 aliphatic heterocycles.